The van der Waals surface area contributed by atoms with Crippen LogP contribution in [0.1, 0.15) is 32.1 Å². The lowest BCUT2D eigenvalue weighted by Gasteiger charge is -2.29. The third kappa shape index (κ3) is 2.96. The molecule has 3 aliphatic rings. The Balaban J connectivity index is 1.45. The summed E-state index contributed by atoms with van der Waals surface area (Å²) in [6, 6.07) is 0. The van der Waals surface area contributed by atoms with Crippen molar-refractivity contribution >= 4 is 0 Å². The zero-order valence-electron chi connectivity index (χ0n) is 11.1. The van der Waals surface area contributed by atoms with Gasteiger partial charge in [-0.3, -0.25) is 0 Å². The van der Waals surface area contributed by atoms with Crippen LogP contribution in [-0.2, 0) is 9.47 Å². The normalized spacial score (nSPS) is 28.3. The predicted octanol–water partition coefficient (Wildman–Crippen LogP) is 2.49. The van der Waals surface area contributed by atoms with E-state index in [-0.39, 0.29) is 6.10 Å². The topological polar surface area (TPSA) is 21.7 Å². The van der Waals surface area contributed by atoms with Crippen LogP contribution in [0.5, 0.6) is 0 Å². The molecule has 0 amide bonds. The van der Waals surface area contributed by atoms with E-state index >= 15 is 0 Å². The van der Waals surface area contributed by atoms with Crippen molar-refractivity contribution in [1.82, 2.24) is 4.90 Å². The fraction of sp³-hybridized carbons (Fsp3) is 0.733. The molecule has 100 valence electrons. The van der Waals surface area contributed by atoms with Gasteiger partial charge in [-0.25, -0.2) is 0 Å². The van der Waals surface area contributed by atoms with Crippen LogP contribution in [-0.4, -0.2) is 43.9 Å². The summed E-state index contributed by atoms with van der Waals surface area (Å²) in [7, 11) is 0. The van der Waals surface area contributed by atoms with Crippen LogP contribution in [0.15, 0.2) is 23.5 Å². The second-order valence-electron chi connectivity index (χ2n) is 5.46. The van der Waals surface area contributed by atoms with E-state index in [1.165, 1.54) is 50.9 Å². The minimum Gasteiger partial charge on any atom is -0.493 e. The molecule has 1 atom stereocenters. The lowest BCUT2D eigenvalue weighted by atomic mass is 9.96. The highest BCUT2D eigenvalue weighted by Crippen LogP contribution is 2.27. The Hall–Kier alpha value is -0.800. The van der Waals surface area contributed by atoms with Gasteiger partial charge in [-0.15, -0.1) is 0 Å². The Morgan fingerprint density at radius 3 is 2.94 bits per heavy atom. The molecule has 18 heavy (non-hydrogen) atoms. The molecule has 0 bridgehead atoms. The molecule has 0 N–H and O–H groups in total. The van der Waals surface area contributed by atoms with Crippen molar-refractivity contribution in [3.8, 4) is 0 Å². The van der Waals surface area contributed by atoms with Gasteiger partial charge in [0.25, 0.3) is 0 Å². The van der Waals surface area contributed by atoms with Crippen molar-refractivity contribution in [3.05, 3.63) is 23.5 Å². The number of nitrogens with zero attached hydrogens (tertiary/aromatic N) is 1. The van der Waals surface area contributed by atoms with Crippen LogP contribution in [0.2, 0.25) is 0 Å². The van der Waals surface area contributed by atoms with Gasteiger partial charge in [-0.2, -0.15) is 0 Å². The van der Waals surface area contributed by atoms with E-state index in [2.05, 4.69) is 17.1 Å². The Morgan fingerprint density at radius 2 is 2.06 bits per heavy atom. The molecule has 1 unspecified atom stereocenters. The van der Waals surface area contributed by atoms with Crippen LogP contribution in [0, 0.1) is 0 Å². The summed E-state index contributed by atoms with van der Waals surface area (Å²) in [6.45, 7) is 5.32. The number of fused-ring (bicyclic) bond motifs is 1. The first-order valence-electron chi connectivity index (χ1n) is 7.28. The maximum atomic E-state index is 5.75. The van der Waals surface area contributed by atoms with Gasteiger partial charge in [0.2, 0.25) is 0 Å². The van der Waals surface area contributed by atoms with Crippen LogP contribution >= 0.6 is 0 Å². The molecular weight excluding hydrogens is 226 g/mol. The molecule has 0 aromatic carbocycles. The van der Waals surface area contributed by atoms with Gasteiger partial charge in [-0.1, -0.05) is 11.6 Å². The van der Waals surface area contributed by atoms with Crippen LogP contribution in [0.3, 0.4) is 0 Å². The van der Waals surface area contributed by atoms with Crippen LogP contribution in [0.25, 0.3) is 0 Å². The van der Waals surface area contributed by atoms with Gasteiger partial charge in [0.05, 0.1) is 6.61 Å². The molecule has 0 aromatic rings. The summed E-state index contributed by atoms with van der Waals surface area (Å²) in [5, 5.41) is 0. The zero-order chi connectivity index (χ0) is 12.2. The molecule has 0 aromatic heterocycles. The van der Waals surface area contributed by atoms with E-state index < -0.39 is 0 Å². The molecule has 0 radical (unpaired) electrons. The van der Waals surface area contributed by atoms with Crippen LogP contribution in [0.4, 0.5) is 0 Å². The first-order chi connectivity index (χ1) is 8.92. The van der Waals surface area contributed by atoms with E-state index in [0.29, 0.717) is 6.61 Å². The lowest BCUT2D eigenvalue weighted by molar-refractivity contribution is -0.0429. The highest BCUT2D eigenvalue weighted by molar-refractivity contribution is 5.25. The first-order valence-corrected chi connectivity index (χ1v) is 7.28. The average Bonchev–Trinajstić information content (AvgIpc) is 2.92. The molecule has 0 saturated carbocycles. The summed E-state index contributed by atoms with van der Waals surface area (Å²) < 4.78 is 11.3. The van der Waals surface area contributed by atoms with Gasteiger partial charge in [-0.05, 0) is 51.4 Å². The Kier molecular flexibility index (Phi) is 4.01. The van der Waals surface area contributed by atoms with E-state index in [0.717, 1.165) is 18.8 Å². The Bertz CT molecular complexity index is 342. The second kappa shape index (κ2) is 5.89. The smallest absolute Gasteiger partial charge is 0.125 e. The molecular formula is C15H23NO2. The fourth-order valence-electron chi connectivity index (χ4n) is 3.07. The SMILES string of the molecule is C1=C(CCCN2CCCC2)CC2OCCOC2=C1. The molecule has 2 fully saturated rings. The first kappa shape index (κ1) is 12.2. The van der Waals surface area contributed by atoms with Crippen molar-refractivity contribution in [3.63, 3.8) is 0 Å². The third-order valence-corrected chi connectivity index (χ3v) is 4.09. The second-order valence-corrected chi connectivity index (χ2v) is 5.46. The molecule has 3 rings (SSSR count). The van der Waals surface area contributed by atoms with Gasteiger partial charge < -0.3 is 14.4 Å². The van der Waals surface area contributed by atoms with Crippen LogP contribution < -0.4 is 0 Å². The largest absolute Gasteiger partial charge is 0.493 e. The third-order valence-electron chi connectivity index (χ3n) is 4.09. The predicted molar refractivity (Wildman–Crippen MR) is 71.4 cm³/mol. The van der Waals surface area contributed by atoms with E-state index in [9.17, 15) is 0 Å². The number of likely N-dealkylation sites (tertiary alicyclic amines) is 1. The van der Waals surface area contributed by atoms with Gasteiger partial charge >= 0.3 is 0 Å². The lowest BCUT2D eigenvalue weighted by Crippen LogP contribution is -2.28. The van der Waals surface area contributed by atoms with E-state index in [1.807, 2.05) is 0 Å². The van der Waals surface area contributed by atoms with Crippen molar-refractivity contribution in [2.24, 2.45) is 0 Å². The maximum absolute atomic E-state index is 5.75. The van der Waals surface area contributed by atoms with Gasteiger partial charge in [0.15, 0.2) is 0 Å². The van der Waals surface area contributed by atoms with Crippen molar-refractivity contribution in [2.75, 3.05) is 32.8 Å². The number of hydrogen-bond acceptors (Lipinski definition) is 3. The van der Waals surface area contributed by atoms with Gasteiger partial charge in [0.1, 0.15) is 18.5 Å². The fourth-order valence-corrected chi connectivity index (χ4v) is 3.07. The van der Waals surface area contributed by atoms with E-state index in [1.54, 1.807) is 0 Å². The molecule has 2 aliphatic heterocycles. The summed E-state index contributed by atoms with van der Waals surface area (Å²) >= 11 is 0. The summed E-state index contributed by atoms with van der Waals surface area (Å²) in [5.41, 5.74) is 1.52. The zero-order valence-corrected chi connectivity index (χ0v) is 11.1. The van der Waals surface area contributed by atoms with Crippen molar-refractivity contribution in [2.45, 2.75) is 38.2 Å². The number of hydrogen-bond donors (Lipinski definition) is 0. The van der Waals surface area contributed by atoms with Crippen molar-refractivity contribution in [1.29, 1.82) is 0 Å². The number of ether oxygens (including phenoxy) is 2. The quantitative estimate of drug-likeness (QED) is 0.764. The highest BCUT2D eigenvalue weighted by Gasteiger charge is 2.24. The molecule has 3 nitrogen and oxygen atoms in total. The molecule has 2 saturated heterocycles. The average molecular weight is 249 g/mol. The summed E-state index contributed by atoms with van der Waals surface area (Å²) in [5.74, 6) is 1.03. The standard InChI is InChI=1S/C15H23NO2/c1-2-8-16(7-1)9-3-4-13-5-6-14-15(12-13)18-11-10-17-14/h5-6,15H,1-4,7-12H2. The molecule has 3 heteroatoms. The maximum Gasteiger partial charge on any atom is 0.125 e. The Labute approximate surface area is 109 Å². The summed E-state index contributed by atoms with van der Waals surface area (Å²) in [4.78, 5) is 2.59. The minimum atomic E-state index is 0.200. The highest BCUT2D eigenvalue weighted by atomic mass is 16.6. The molecule has 2 heterocycles. The number of allylic oxidation sites excluding steroid dienone is 2. The number of rotatable bonds is 4. The summed E-state index contributed by atoms with van der Waals surface area (Å²) in [6.07, 6.45) is 10.9. The molecule has 0 spiro atoms. The molecule has 1 aliphatic carbocycles. The Morgan fingerprint density at radius 1 is 1.17 bits per heavy atom. The monoisotopic (exact) mass is 249 g/mol. The minimum absolute atomic E-state index is 0.200. The van der Waals surface area contributed by atoms with Crippen molar-refractivity contribution < 1.29 is 9.47 Å². The van der Waals surface area contributed by atoms with E-state index in [4.69, 9.17) is 9.47 Å². The van der Waals surface area contributed by atoms with Gasteiger partial charge in [0, 0.05) is 6.42 Å².